The zero-order valence-corrected chi connectivity index (χ0v) is 7.72. The molecular weight excluding hydrogens is 140 g/mol. The van der Waals surface area contributed by atoms with Crippen LogP contribution in [0.2, 0.25) is 0 Å². The molecule has 1 fully saturated rings. The Kier molecular flexibility index (Phi) is 2.90. The van der Waals surface area contributed by atoms with Crippen LogP contribution in [0.5, 0.6) is 0 Å². The Morgan fingerprint density at radius 1 is 1.36 bits per heavy atom. The predicted octanol–water partition coefficient (Wildman–Crippen LogP) is 1.98. The van der Waals surface area contributed by atoms with Crippen LogP contribution in [-0.2, 0) is 9.47 Å². The van der Waals surface area contributed by atoms with Crippen LogP contribution in [0, 0.1) is 0 Å². The lowest BCUT2D eigenvalue weighted by molar-refractivity contribution is -0.113. The molecule has 0 aliphatic carbocycles. The average Bonchev–Trinajstić information content (AvgIpc) is 1.85. The third-order valence-corrected chi connectivity index (χ3v) is 1.64. The molecule has 2 heteroatoms. The quantitative estimate of drug-likeness (QED) is 0.581. The Balaban J connectivity index is 2.24. The van der Waals surface area contributed by atoms with Crippen LogP contribution < -0.4 is 0 Å². The van der Waals surface area contributed by atoms with E-state index in [0.29, 0.717) is 6.10 Å². The normalized spacial score (nSPS) is 27.0. The lowest BCUT2D eigenvalue weighted by atomic mass is 10.1. The van der Waals surface area contributed by atoms with E-state index >= 15 is 0 Å². The summed E-state index contributed by atoms with van der Waals surface area (Å²) < 4.78 is 11.1. The van der Waals surface area contributed by atoms with Gasteiger partial charge >= 0.3 is 0 Å². The van der Waals surface area contributed by atoms with Gasteiger partial charge in [-0.2, -0.15) is 0 Å². The molecule has 1 aliphatic rings. The molecule has 0 N–H and O–H groups in total. The minimum atomic E-state index is -0.0225. The van der Waals surface area contributed by atoms with Crippen molar-refractivity contribution >= 4 is 0 Å². The topological polar surface area (TPSA) is 18.5 Å². The molecule has 0 saturated carbocycles. The molecule has 1 aliphatic heterocycles. The van der Waals surface area contributed by atoms with Crippen molar-refractivity contribution < 1.29 is 9.47 Å². The van der Waals surface area contributed by atoms with Gasteiger partial charge in [0.25, 0.3) is 0 Å². The van der Waals surface area contributed by atoms with Gasteiger partial charge in [-0.1, -0.05) is 0 Å². The first kappa shape index (κ1) is 9.01. The van der Waals surface area contributed by atoms with Crippen molar-refractivity contribution in [3.05, 3.63) is 0 Å². The van der Waals surface area contributed by atoms with Crippen molar-refractivity contribution in [2.75, 3.05) is 13.2 Å². The first-order valence-corrected chi connectivity index (χ1v) is 4.33. The fourth-order valence-corrected chi connectivity index (χ4v) is 1.30. The molecule has 1 atom stereocenters. The summed E-state index contributed by atoms with van der Waals surface area (Å²) in [6.07, 6.45) is 2.61. The van der Waals surface area contributed by atoms with E-state index in [4.69, 9.17) is 9.47 Å². The maximum Gasteiger partial charge on any atom is 0.0816 e. The molecule has 0 aromatic rings. The van der Waals surface area contributed by atoms with E-state index in [0.717, 1.165) is 26.1 Å². The smallest absolute Gasteiger partial charge is 0.0816 e. The molecule has 0 aromatic heterocycles. The van der Waals surface area contributed by atoms with Crippen LogP contribution in [0.4, 0.5) is 0 Å². The van der Waals surface area contributed by atoms with Crippen LogP contribution in [0.15, 0.2) is 0 Å². The summed E-state index contributed by atoms with van der Waals surface area (Å²) in [5.74, 6) is 0. The molecule has 66 valence electrons. The van der Waals surface area contributed by atoms with Gasteiger partial charge in [-0.3, -0.25) is 0 Å². The van der Waals surface area contributed by atoms with Crippen LogP contribution in [0.25, 0.3) is 0 Å². The fourth-order valence-electron chi connectivity index (χ4n) is 1.30. The average molecular weight is 158 g/mol. The summed E-state index contributed by atoms with van der Waals surface area (Å²) in [4.78, 5) is 0. The summed E-state index contributed by atoms with van der Waals surface area (Å²) >= 11 is 0. The maximum atomic E-state index is 5.75. The zero-order valence-electron chi connectivity index (χ0n) is 7.72. The Hall–Kier alpha value is -0.0800. The van der Waals surface area contributed by atoms with E-state index in [1.807, 2.05) is 0 Å². The first-order valence-electron chi connectivity index (χ1n) is 4.33. The van der Waals surface area contributed by atoms with E-state index in [-0.39, 0.29) is 5.60 Å². The van der Waals surface area contributed by atoms with Crippen LogP contribution >= 0.6 is 0 Å². The molecular formula is C9H18O2. The molecule has 2 nitrogen and oxygen atoms in total. The van der Waals surface area contributed by atoms with E-state index < -0.39 is 0 Å². The van der Waals surface area contributed by atoms with E-state index in [9.17, 15) is 0 Å². The first-order chi connectivity index (χ1) is 5.08. The van der Waals surface area contributed by atoms with Crippen LogP contribution in [0.3, 0.4) is 0 Å². The number of hydrogen-bond acceptors (Lipinski definition) is 2. The van der Waals surface area contributed by atoms with Crippen molar-refractivity contribution in [3.8, 4) is 0 Å². The maximum absolute atomic E-state index is 5.75. The molecule has 0 aromatic carbocycles. The van der Waals surface area contributed by atoms with Gasteiger partial charge < -0.3 is 9.47 Å². The molecule has 11 heavy (non-hydrogen) atoms. The van der Waals surface area contributed by atoms with Gasteiger partial charge in [0.1, 0.15) is 0 Å². The number of ether oxygens (including phenoxy) is 2. The van der Waals surface area contributed by atoms with Gasteiger partial charge in [-0.15, -0.1) is 0 Å². The highest BCUT2D eigenvalue weighted by molar-refractivity contribution is 4.68. The van der Waals surface area contributed by atoms with Gasteiger partial charge in [0.15, 0.2) is 0 Å². The molecule has 0 radical (unpaired) electrons. The molecule has 0 bridgehead atoms. The highest BCUT2D eigenvalue weighted by atomic mass is 16.5. The Labute approximate surface area is 68.9 Å². The second-order valence-electron chi connectivity index (χ2n) is 4.07. The van der Waals surface area contributed by atoms with Crippen LogP contribution in [0.1, 0.15) is 33.6 Å². The molecule has 0 spiro atoms. The number of rotatable bonds is 1. The van der Waals surface area contributed by atoms with Gasteiger partial charge in [0.05, 0.1) is 18.3 Å². The van der Waals surface area contributed by atoms with Crippen molar-refractivity contribution in [1.82, 2.24) is 0 Å². The molecule has 1 saturated heterocycles. The lowest BCUT2D eigenvalue weighted by Gasteiger charge is -2.29. The largest absolute Gasteiger partial charge is 0.379 e. The molecule has 0 amide bonds. The summed E-state index contributed by atoms with van der Waals surface area (Å²) in [6, 6.07) is 0. The Bertz CT molecular complexity index is 109. The van der Waals surface area contributed by atoms with Gasteiger partial charge in [0, 0.05) is 6.61 Å². The third-order valence-electron chi connectivity index (χ3n) is 1.64. The second-order valence-corrected chi connectivity index (χ2v) is 4.07. The SMILES string of the molecule is CC(C)(C)OC1CCCOC1. The van der Waals surface area contributed by atoms with Gasteiger partial charge in [-0.25, -0.2) is 0 Å². The van der Waals surface area contributed by atoms with Crippen molar-refractivity contribution in [1.29, 1.82) is 0 Å². The van der Waals surface area contributed by atoms with Gasteiger partial charge in [0.2, 0.25) is 0 Å². The fraction of sp³-hybridized carbons (Fsp3) is 1.00. The Morgan fingerprint density at radius 3 is 2.55 bits per heavy atom. The highest BCUT2D eigenvalue weighted by Crippen LogP contribution is 2.17. The lowest BCUT2D eigenvalue weighted by Crippen LogP contribution is -2.33. The van der Waals surface area contributed by atoms with Gasteiger partial charge in [-0.05, 0) is 33.6 Å². The van der Waals surface area contributed by atoms with Crippen molar-refractivity contribution in [2.45, 2.75) is 45.3 Å². The van der Waals surface area contributed by atoms with Crippen molar-refractivity contribution in [3.63, 3.8) is 0 Å². The second kappa shape index (κ2) is 3.55. The minimum Gasteiger partial charge on any atom is -0.379 e. The van der Waals surface area contributed by atoms with E-state index in [2.05, 4.69) is 20.8 Å². The molecule has 1 unspecified atom stereocenters. The minimum absolute atomic E-state index is 0.0225. The zero-order chi connectivity index (χ0) is 8.32. The van der Waals surface area contributed by atoms with Crippen molar-refractivity contribution in [2.24, 2.45) is 0 Å². The van der Waals surface area contributed by atoms with Crippen LogP contribution in [-0.4, -0.2) is 24.9 Å². The summed E-state index contributed by atoms with van der Waals surface area (Å²) in [5, 5.41) is 0. The third kappa shape index (κ3) is 3.73. The predicted molar refractivity (Wildman–Crippen MR) is 44.7 cm³/mol. The molecule has 1 heterocycles. The van der Waals surface area contributed by atoms with E-state index in [1.54, 1.807) is 0 Å². The summed E-state index contributed by atoms with van der Waals surface area (Å²) in [7, 11) is 0. The number of hydrogen-bond donors (Lipinski definition) is 0. The monoisotopic (exact) mass is 158 g/mol. The standard InChI is InChI=1S/C9H18O2/c1-9(2,3)11-8-5-4-6-10-7-8/h8H,4-7H2,1-3H3. The summed E-state index contributed by atoms with van der Waals surface area (Å²) in [5.41, 5.74) is -0.0225. The summed E-state index contributed by atoms with van der Waals surface area (Å²) in [6.45, 7) is 7.94. The Morgan fingerprint density at radius 2 is 2.09 bits per heavy atom. The highest BCUT2D eigenvalue weighted by Gasteiger charge is 2.20. The van der Waals surface area contributed by atoms with E-state index in [1.165, 1.54) is 0 Å². The molecule has 1 rings (SSSR count).